The van der Waals surface area contributed by atoms with Crippen molar-refractivity contribution >= 4 is 11.8 Å². The molecule has 0 aromatic rings. The Morgan fingerprint density at radius 1 is 1.40 bits per heavy atom. The zero-order valence-electron chi connectivity index (χ0n) is 8.51. The maximum Gasteiger partial charge on any atom is 0.314 e. The SMILES string of the molecule is CCCC(=O)C1(O)C=CC=CC1C(=O)O. The Morgan fingerprint density at radius 3 is 2.60 bits per heavy atom. The van der Waals surface area contributed by atoms with Gasteiger partial charge in [-0.05, 0) is 12.5 Å². The lowest BCUT2D eigenvalue weighted by Gasteiger charge is -2.29. The minimum absolute atomic E-state index is 0.179. The van der Waals surface area contributed by atoms with E-state index in [9.17, 15) is 14.7 Å². The van der Waals surface area contributed by atoms with E-state index in [0.717, 1.165) is 0 Å². The second-order valence-electron chi connectivity index (χ2n) is 3.56. The normalized spacial score (nSPS) is 29.1. The number of allylic oxidation sites excluding steroid dienone is 2. The Balaban J connectivity index is 2.98. The van der Waals surface area contributed by atoms with Gasteiger partial charge in [0.25, 0.3) is 0 Å². The van der Waals surface area contributed by atoms with E-state index in [1.165, 1.54) is 24.3 Å². The van der Waals surface area contributed by atoms with Gasteiger partial charge in [-0.25, -0.2) is 0 Å². The van der Waals surface area contributed by atoms with Gasteiger partial charge in [-0.2, -0.15) is 0 Å². The second kappa shape index (κ2) is 4.40. The third kappa shape index (κ3) is 2.15. The molecule has 2 atom stereocenters. The fourth-order valence-corrected chi connectivity index (χ4v) is 1.59. The summed E-state index contributed by atoms with van der Waals surface area (Å²) in [5.74, 6) is -2.82. The van der Waals surface area contributed by atoms with Gasteiger partial charge in [-0.15, -0.1) is 0 Å². The van der Waals surface area contributed by atoms with Gasteiger partial charge in [0.15, 0.2) is 11.4 Å². The molecule has 4 heteroatoms. The third-order valence-electron chi connectivity index (χ3n) is 2.43. The molecular formula is C11H14O4. The first-order valence-electron chi connectivity index (χ1n) is 4.87. The summed E-state index contributed by atoms with van der Waals surface area (Å²) in [7, 11) is 0. The van der Waals surface area contributed by atoms with Crippen molar-refractivity contribution in [3.8, 4) is 0 Å². The molecule has 0 aromatic heterocycles. The second-order valence-corrected chi connectivity index (χ2v) is 3.56. The average Bonchev–Trinajstić information content (AvgIpc) is 2.18. The van der Waals surface area contributed by atoms with E-state index >= 15 is 0 Å². The van der Waals surface area contributed by atoms with E-state index in [4.69, 9.17) is 5.11 Å². The summed E-state index contributed by atoms with van der Waals surface area (Å²) in [6.07, 6.45) is 6.36. The lowest BCUT2D eigenvalue weighted by atomic mass is 9.79. The van der Waals surface area contributed by atoms with Crippen LogP contribution in [0.4, 0.5) is 0 Å². The third-order valence-corrected chi connectivity index (χ3v) is 2.43. The minimum Gasteiger partial charge on any atom is -0.481 e. The molecule has 1 aliphatic carbocycles. The zero-order valence-corrected chi connectivity index (χ0v) is 8.51. The predicted molar refractivity (Wildman–Crippen MR) is 54.3 cm³/mol. The van der Waals surface area contributed by atoms with Crippen molar-refractivity contribution in [2.45, 2.75) is 25.4 Å². The van der Waals surface area contributed by atoms with E-state index in [0.29, 0.717) is 6.42 Å². The molecule has 2 N–H and O–H groups in total. The van der Waals surface area contributed by atoms with Gasteiger partial charge < -0.3 is 10.2 Å². The maximum absolute atomic E-state index is 11.6. The number of hydrogen-bond acceptors (Lipinski definition) is 3. The molecule has 82 valence electrons. The van der Waals surface area contributed by atoms with Crippen LogP contribution < -0.4 is 0 Å². The molecule has 4 nitrogen and oxygen atoms in total. The summed E-state index contributed by atoms with van der Waals surface area (Å²) in [5.41, 5.74) is -1.88. The number of aliphatic carboxylic acids is 1. The summed E-state index contributed by atoms with van der Waals surface area (Å²) in [4.78, 5) is 22.5. The fourth-order valence-electron chi connectivity index (χ4n) is 1.59. The molecule has 0 aromatic carbocycles. The van der Waals surface area contributed by atoms with Crippen LogP contribution in [0.15, 0.2) is 24.3 Å². The highest BCUT2D eigenvalue weighted by atomic mass is 16.4. The van der Waals surface area contributed by atoms with Crippen molar-refractivity contribution in [1.82, 2.24) is 0 Å². The summed E-state index contributed by atoms with van der Waals surface area (Å²) in [6, 6.07) is 0. The standard InChI is InChI=1S/C11H14O4/c1-2-5-9(12)11(15)7-4-3-6-8(11)10(13)14/h3-4,6-8,15H,2,5H2,1H3,(H,13,14). The van der Waals surface area contributed by atoms with Crippen LogP contribution in [-0.2, 0) is 9.59 Å². The summed E-state index contributed by atoms with van der Waals surface area (Å²) in [5, 5.41) is 18.9. The number of Topliss-reactive ketones (excluding diaryl/α,β-unsaturated/α-hetero) is 1. The summed E-state index contributed by atoms with van der Waals surface area (Å²) < 4.78 is 0. The Hall–Kier alpha value is -1.42. The van der Waals surface area contributed by atoms with Crippen LogP contribution in [0.25, 0.3) is 0 Å². The lowest BCUT2D eigenvalue weighted by Crippen LogP contribution is -2.47. The molecular weight excluding hydrogens is 196 g/mol. The number of ketones is 1. The monoisotopic (exact) mass is 210 g/mol. The molecule has 0 saturated heterocycles. The largest absolute Gasteiger partial charge is 0.481 e. The van der Waals surface area contributed by atoms with Gasteiger partial charge in [-0.1, -0.05) is 25.2 Å². The highest BCUT2D eigenvalue weighted by Crippen LogP contribution is 2.27. The van der Waals surface area contributed by atoms with Gasteiger partial charge in [0.05, 0.1) is 0 Å². The number of carbonyl (C=O) groups excluding carboxylic acids is 1. The Kier molecular flexibility index (Phi) is 3.42. The molecule has 0 fully saturated rings. The molecule has 0 heterocycles. The first-order valence-corrected chi connectivity index (χ1v) is 4.87. The average molecular weight is 210 g/mol. The molecule has 0 radical (unpaired) electrons. The number of carboxylic acids is 1. The maximum atomic E-state index is 11.6. The molecule has 0 aliphatic heterocycles. The lowest BCUT2D eigenvalue weighted by molar-refractivity contribution is -0.153. The van der Waals surface area contributed by atoms with Crippen molar-refractivity contribution in [1.29, 1.82) is 0 Å². The highest BCUT2D eigenvalue weighted by Gasteiger charge is 2.44. The molecule has 1 rings (SSSR count). The number of carbonyl (C=O) groups is 2. The quantitative estimate of drug-likeness (QED) is 0.723. The first-order chi connectivity index (χ1) is 7.02. The molecule has 0 bridgehead atoms. The van der Waals surface area contributed by atoms with Crippen LogP contribution >= 0.6 is 0 Å². The molecule has 15 heavy (non-hydrogen) atoms. The molecule has 0 saturated carbocycles. The number of carboxylic acid groups (broad SMARTS) is 1. The molecule has 0 spiro atoms. The summed E-state index contributed by atoms with van der Waals surface area (Å²) >= 11 is 0. The highest BCUT2D eigenvalue weighted by molar-refractivity contribution is 5.95. The number of hydrogen-bond donors (Lipinski definition) is 2. The molecule has 1 aliphatic rings. The van der Waals surface area contributed by atoms with E-state index in [1.807, 2.05) is 0 Å². The van der Waals surface area contributed by atoms with Gasteiger partial charge in [0.1, 0.15) is 5.92 Å². The fraction of sp³-hybridized carbons (Fsp3) is 0.455. The first kappa shape index (κ1) is 11.7. The van der Waals surface area contributed by atoms with Crippen LogP contribution in [-0.4, -0.2) is 27.6 Å². The molecule has 2 unspecified atom stereocenters. The van der Waals surface area contributed by atoms with Crippen molar-refractivity contribution < 1.29 is 19.8 Å². The van der Waals surface area contributed by atoms with Crippen LogP contribution in [0.1, 0.15) is 19.8 Å². The minimum atomic E-state index is -1.88. The number of aliphatic hydroxyl groups is 1. The van der Waals surface area contributed by atoms with Crippen LogP contribution in [0.2, 0.25) is 0 Å². The van der Waals surface area contributed by atoms with E-state index in [-0.39, 0.29) is 6.42 Å². The van der Waals surface area contributed by atoms with E-state index in [2.05, 4.69) is 0 Å². The van der Waals surface area contributed by atoms with Gasteiger partial charge in [0.2, 0.25) is 0 Å². The van der Waals surface area contributed by atoms with Gasteiger partial charge >= 0.3 is 5.97 Å². The van der Waals surface area contributed by atoms with Crippen molar-refractivity contribution in [3.05, 3.63) is 24.3 Å². The predicted octanol–water partition coefficient (Wildman–Crippen LogP) is 0.913. The zero-order chi connectivity index (χ0) is 11.5. The van der Waals surface area contributed by atoms with Gasteiger partial charge in [-0.3, -0.25) is 9.59 Å². The topological polar surface area (TPSA) is 74.6 Å². The van der Waals surface area contributed by atoms with Crippen molar-refractivity contribution in [3.63, 3.8) is 0 Å². The smallest absolute Gasteiger partial charge is 0.314 e. The van der Waals surface area contributed by atoms with Crippen LogP contribution in [0.3, 0.4) is 0 Å². The number of rotatable bonds is 4. The van der Waals surface area contributed by atoms with Crippen LogP contribution in [0.5, 0.6) is 0 Å². The van der Waals surface area contributed by atoms with Crippen molar-refractivity contribution in [2.75, 3.05) is 0 Å². The Bertz CT molecular complexity index is 329. The van der Waals surface area contributed by atoms with E-state index in [1.54, 1.807) is 6.92 Å². The van der Waals surface area contributed by atoms with Crippen molar-refractivity contribution in [2.24, 2.45) is 5.92 Å². The molecule has 0 amide bonds. The summed E-state index contributed by atoms with van der Waals surface area (Å²) in [6.45, 7) is 1.80. The van der Waals surface area contributed by atoms with Crippen LogP contribution in [0, 0.1) is 5.92 Å². The Labute approximate surface area is 87.9 Å². The van der Waals surface area contributed by atoms with E-state index < -0.39 is 23.3 Å². The van der Waals surface area contributed by atoms with Gasteiger partial charge in [0, 0.05) is 6.42 Å². The Morgan fingerprint density at radius 2 is 2.07 bits per heavy atom.